The van der Waals surface area contributed by atoms with Crippen LogP contribution in [-0.2, 0) is 17.5 Å². The molecule has 41 heavy (non-hydrogen) atoms. The molecule has 1 aliphatic rings. The molecule has 1 amide bonds. The first kappa shape index (κ1) is 28.2. The van der Waals surface area contributed by atoms with E-state index in [0.717, 1.165) is 30.5 Å². The number of aromatic nitrogens is 4. The van der Waals surface area contributed by atoms with Gasteiger partial charge in [-0.2, -0.15) is 13.2 Å². The molecule has 1 fully saturated rings. The van der Waals surface area contributed by atoms with Crippen molar-refractivity contribution in [1.82, 2.24) is 24.5 Å². The number of hydrogen-bond donors (Lipinski definition) is 1. The van der Waals surface area contributed by atoms with Crippen LogP contribution < -0.4 is 10.1 Å². The second-order valence-electron chi connectivity index (χ2n) is 10.9. The maximum Gasteiger partial charge on any atom is 0.416 e. The Morgan fingerprint density at radius 3 is 2.61 bits per heavy atom. The van der Waals surface area contributed by atoms with Crippen molar-refractivity contribution in [3.63, 3.8) is 0 Å². The average molecular weight is 569 g/mol. The van der Waals surface area contributed by atoms with Crippen molar-refractivity contribution >= 4 is 17.6 Å². The van der Waals surface area contributed by atoms with Crippen LogP contribution in [0.2, 0.25) is 0 Å². The van der Waals surface area contributed by atoms with E-state index in [1.165, 1.54) is 6.07 Å². The number of amides is 1. The Bertz CT molecular complexity index is 1520. The van der Waals surface area contributed by atoms with Gasteiger partial charge in [0.25, 0.3) is 0 Å². The Labute approximate surface area is 235 Å². The lowest BCUT2D eigenvalue weighted by atomic mass is 10.1. The minimum atomic E-state index is -4.54. The zero-order valence-corrected chi connectivity index (χ0v) is 23.0. The molecule has 1 atom stereocenters. The zero-order valence-electron chi connectivity index (χ0n) is 23.0. The highest BCUT2D eigenvalue weighted by molar-refractivity contribution is 5.72. The number of piperidine rings is 1. The fourth-order valence-electron chi connectivity index (χ4n) is 4.64. The van der Waals surface area contributed by atoms with Gasteiger partial charge in [-0.1, -0.05) is 30.3 Å². The van der Waals surface area contributed by atoms with Crippen molar-refractivity contribution in [2.24, 2.45) is 0 Å². The van der Waals surface area contributed by atoms with E-state index in [1.54, 1.807) is 21.7 Å². The monoisotopic (exact) mass is 568 g/mol. The second kappa shape index (κ2) is 11.3. The molecule has 2 aromatic carbocycles. The number of ether oxygens (including phenoxy) is 2. The van der Waals surface area contributed by atoms with Crippen LogP contribution in [0.15, 0.2) is 60.9 Å². The highest BCUT2D eigenvalue weighted by Crippen LogP contribution is 2.37. The molecule has 0 spiro atoms. The summed E-state index contributed by atoms with van der Waals surface area (Å²) in [6, 6.07) is 12.4. The number of anilines is 1. The van der Waals surface area contributed by atoms with E-state index >= 15 is 0 Å². The molecule has 1 saturated heterocycles. The summed E-state index contributed by atoms with van der Waals surface area (Å²) in [5.41, 5.74) is 0.164. The summed E-state index contributed by atoms with van der Waals surface area (Å²) in [4.78, 5) is 18.7. The first-order chi connectivity index (χ1) is 19.5. The van der Waals surface area contributed by atoms with Gasteiger partial charge in [-0.15, -0.1) is 10.2 Å². The fourth-order valence-corrected chi connectivity index (χ4v) is 4.64. The summed E-state index contributed by atoms with van der Waals surface area (Å²) >= 11 is 0. The summed E-state index contributed by atoms with van der Waals surface area (Å²) in [7, 11) is 0. The number of likely N-dealkylation sites (tertiary alicyclic amines) is 1. The molecule has 3 heterocycles. The lowest BCUT2D eigenvalue weighted by Gasteiger charge is -2.34. The average Bonchev–Trinajstić information content (AvgIpc) is 3.42. The summed E-state index contributed by atoms with van der Waals surface area (Å²) < 4.78 is 53.8. The number of nitrogens with one attached hydrogen (secondary N) is 1. The Morgan fingerprint density at radius 1 is 1.10 bits per heavy atom. The number of alkyl halides is 3. The van der Waals surface area contributed by atoms with Gasteiger partial charge in [0.05, 0.1) is 11.1 Å². The number of fused-ring (bicyclic) bond motifs is 1. The molecule has 0 bridgehead atoms. The van der Waals surface area contributed by atoms with E-state index in [1.807, 2.05) is 51.1 Å². The van der Waals surface area contributed by atoms with Gasteiger partial charge in [0.1, 0.15) is 18.0 Å². The van der Waals surface area contributed by atoms with Crippen LogP contribution in [0.3, 0.4) is 0 Å². The number of nitrogens with zero attached hydrogens (tertiary/aromatic N) is 5. The molecule has 1 N–H and O–H groups in total. The summed E-state index contributed by atoms with van der Waals surface area (Å²) in [6.45, 7) is 6.56. The summed E-state index contributed by atoms with van der Waals surface area (Å²) in [5, 5.41) is 12.1. The molecule has 2 aromatic heterocycles. The zero-order chi connectivity index (χ0) is 29.2. The van der Waals surface area contributed by atoms with Gasteiger partial charge in [0.2, 0.25) is 0 Å². The Balaban J connectivity index is 1.42. The van der Waals surface area contributed by atoms with Crippen LogP contribution in [-0.4, -0.2) is 55.3 Å². The van der Waals surface area contributed by atoms with Gasteiger partial charge in [-0.25, -0.2) is 9.78 Å². The quantitative estimate of drug-likeness (QED) is 0.296. The predicted octanol–water partition coefficient (Wildman–Crippen LogP) is 6.20. The van der Waals surface area contributed by atoms with E-state index in [9.17, 15) is 18.0 Å². The van der Waals surface area contributed by atoms with E-state index < -0.39 is 17.3 Å². The largest absolute Gasteiger partial charge is 0.488 e. The SMILES string of the molecule is CC(C)(C)OC(=O)N1CCC[C@@H](Nc2nnc(-c3ccc(C(F)(F)F)cc3OCc3ccccc3)n3ccnc23)C1. The van der Waals surface area contributed by atoms with Gasteiger partial charge >= 0.3 is 12.3 Å². The molecule has 0 saturated carbocycles. The maximum atomic E-state index is 13.6. The normalized spacial score (nSPS) is 16.0. The standard InChI is InChI=1S/C29H31F3N6O3/c1-28(2,3)41-27(39)37-14-7-10-21(17-37)34-24-26-33-13-15-38(26)25(36-35-24)22-12-11-20(29(30,31)32)16-23(22)40-18-19-8-5-4-6-9-19/h4-6,8-9,11-13,15-16,21H,7,10,14,17-18H2,1-3H3,(H,34,35)/t21-/m1/s1. The number of halogens is 3. The highest BCUT2D eigenvalue weighted by atomic mass is 19.4. The molecule has 0 radical (unpaired) electrons. The lowest BCUT2D eigenvalue weighted by Crippen LogP contribution is -2.47. The van der Waals surface area contributed by atoms with Crippen LogP contribution in [0.25, 0.3) is 17.0 Å². The summed E-state index contributed by atoms with van der Waals surface area (Å²) in [5.74, 6) is 0.696. The number of carbonyl (C=O) groups is 1. The Hall–Kier alpha value is -4.35. The van der Waals surface area contributed by atoms with Crippen LogP contribution in [0, 0.1) is 0 Å². The third-order valence-electron chi connectivity index (χ3n) is 6.53. The van der Waals surface area contributed by atoms with Gasteiger partial charge in [0.15, 0.2) is 17.3 Å². The molecule has 12 heteroatoms. The van der Waals surface area contributed by atoms with Crippen LogP contribution in [0.4, 0.5) is 23.8 Å². The van der Waals surface area contributed by atoms with Crippen molar-refractivity contribution in [3.05, 3.63) is 72.1 Å². The van der Waals surface area contributed by atoms with Crippen molar-refractivity contribution < 1.29 is 27.4 Å². The Morgan fingerprint density at radius 2 is 1.88 bits per heavy atom. The third kappa shape index (κ3) is 6.69. The molecule has 5 rings (SSSR count). The molecule has 216 valence electrons. The number of imidazole rings is 1. The minimum Gasteiger partial charge on any atom is -0.488 e. The molecule has 1 aliphatic heterocycles. The van der Waals surface area contributed by atoms with Crippen molar-refractivity contribution in [1.29, 1.82) is 0 Å². The molecular formula is C29H31F3N6O3. The number of hydrogen-bond acceptors (Lipinski definition) is 7. The van der Waals surface area contributed by atoms with Gasteiger partial charge in [0, 0.05) is 31.5 Å². The van der Waals surface area contributed by atoms with Gasteiger partial charge in [-0.3, -0.25) is 4.40 Å². The Kier molecular flexibility index (Phi) is 7.74. The molecule has 4 aromatic rings. The van der Waals surface area contributed by atoms with Gasteiger partial charge in [-0.05, 0) is 57.4 Å². The van der Waals surface area contributed by atoms with Crippen LogP contribution in [0.1, 0.15) is 44.7 Å². The molecule has 0 unspecified atom stereocenters. The summed E-state index contributed by atoms with van der Waals surface area (Å²) in [6.07, 6.45) is -0.109. The minimum absolute atomic E-state index is 0.0222. The second-order valence-corrected chi connectivity index (χ2v) is 10.9. The van der Waals surface area contributed by atoms with Crippen molar-refractivity contribution in [2.75, 3.05) is 18.4 Å². The van der Waals surface area contributed by atoms with Crippen molar-refractivity contribution in [3.8, 4) is 17.1 Å². The van der Waals surface area contributed by atoms with E-state index in [-0.39, 0.29) is 30.3 Å². The van der Waals surface area contributed by atoms with E-state index in [0.29, 0.717) is 30.1 Å². The van der Waals surface area contributed by atoms with Crippen LogP contribution in [0.5, 0.6) is 5.75 Å². The van der Waals surface area contributed by atoms with Crippen molar-refractivity contribution in [2.45, 2.75) is 58.0 Å². The number of rotatable bonds is 6. The molecule has 9 nitrogen and oxygen atoms in total. The lowest BCUT2D eigenvalue weighted by molar-refractivity contribution is -0.137. The highest BCUT2D eigenvalue weighted by Gasteiger charge is 2.32. The predicted molar refractivity (Wildman–Crippen MR) is 146 cm³/mol. The smallest absolute Gasteiger partial charge is 0.416 e. The van der Waals surface area contributed by atoms with Crippen LogP contribution >= 0.6 is 0 Å². The van der Waals surface area contributed by atoms with E-state index in [2.05, 4.69) is 20.5 Å². The number of benzene rings is 2. The topological polar surface area (TPSA) is 93.9 Å². The first-order valence-corrected chi connectivity index (χ1v) is 13.3. The first-order valence-electron chi connectivity index (χ1n) is 13.3. The van der Waals surface area contributed by atoms with Gasteiger partial charge < -0.3 is 19.7 Å². The fraction of sp³-hybridized carbons (Fsp3) is 0.379. The molecule has 0 aliphatic carbocycles. The maximum absolute atomic E-state index is 13.6. The molecular weight excluding hydrogens is 537 g/mol. The third-order valence-corrected chi connectivity index (χ3v) is 6.53. The van der Waals surface area contributed by atoms with E-state index in [4.69, 9.17) is 9.47 Å². The number of carbonyl (C=O) groups excluding carboxylic acids is 1.